The second kappa shape index (κ2) is 5.44. The molecule has 1 amide bonds. The summed E-state index contributed by atoms with van der Waals surface area (Å²) in [5.74, 6) is -1.65. The van der Waals surface area contributed by atoms with Crippen molar-refractivity contribution in [1.29, 1.82) is 0 Å². The lowest BCUT2D eigenvalue weighted by molar-refractivity contribution is -0.141. The van der Waals surface area contributed by atoms with Crippen LogP contribution >= 0.6 is 0 Å². The van der Waals surface area contributed by atoms with Crippen molar-refractivity contribution in [2.75, 3.05) is 6.54 Å². The highest BCUT2D eigenvalue weighted by atomic mass is 16.4. The molecule has 6 heteroatoms. The lowest BCUT2D eigenvalue weighted by atomic mass is 10.1. The second-order valence-electron chi connectivity index (χ2n) is 6.02. The summed E-state index contributed by atoms with van der Waals surface area (Å²) in [4.78, 5) is 29.8. The maximum atomic E-state index is 12.7. The number of amides is 1. The number of carboxylic acids is 1. The molecule has 0 aromatic carbocycles. The third-order valence-corrected chi connectivity index (χ3v) is 3.98. The van der Waals surface area contributed by atoms with Crippen LogP contribution in [0.25, 0.3) is 5.65 Å². The smallest absolute Gasteiger partial charge is 0.308 e. The average Bonchev–Trinajstić information content (AvgIpc) is 3.22. The van der Waals surface area contributed by atoms with Crippen LogP contribution in [0.5, 0.6) is 0 Å². The molecular weight excluding hydrogens is 282 g/mol. The number of pyridine rings is 1. The maximum absolute atomic E-state index is 12.7. The predicted molar refractivity (Wildman–Crippen MR) is 80.8 cm³/mol. The molecule has 2 aromatic rings. The van der Waals surface area contributed by atoms with Crippen LogP contribution in [-0.4, -0.2) is 43.9 Å². The van der Waals surface area contributed by atoms with Crippen LogP contribution in [0.15, 0.2) is 24.5 Å². The number of carbonyl (C=O) groups is 2. The molecule has 0 bridgehead atoms. The molecule has 22 heavy (non-hydrogen) atoms. The van der Waals surface area contributed by atoms with Crippen LogP contribution in [0.4, 0.5) is 0 Å². The third-order valence-electron chi connectivity index (χ3n) is 3.98. The normalized spacial score (nSPS) is 15.7. The Balaban J connectivity index is 1.86. The summed E-state index contributed by atoms with van der Waals surface area (Å²) in [5, 5.41) is 9.07. The Morgan fingerprint density at radius 2 is 2.23 bits per heavy atom. The molecule has 1 saturated carbocycles. The van der Waals surface area contributed by atoms with Gasteiger partial charge < -0.3 is 14.4 Å². The van der Waals surface area contributed by atoms with Gasteiger partial charge >= 0.3 is 5.97 Å². The van der Waals surface area contributed by atoms with E-state index in [-0.39, 0.29) is 18.5 Å². The van der Waals surface area contributed by atoms with Gasteiger partial charge in [-0.25, -0.2) is 4.98 Å². The Kier molecular flexibility index (Phi) is 3.60. The molecule has 0 spiro atoms. The van der Waals surface area contributed by atoms with E-state index in [1.54, 1.807) is 18.0 Å². The van der Waals surface area contributed by atoms with Crippen LogP contribution in [0, 0.1) is 12.8 Å². The molecule has 2 aromatic heterocycles. The fraction of sp³-hybridized carbons (Fsp3) is 0.438. The number of fused-ring (bicyclic) bond motifs is 1. The van der Waals surface area contributed by atoms with Gasteiger partial charge in [0.25, 0.3) is 5.91 Å². The number of imidazole rings is 1. The summed E-state index contributed by atoms with van der Waals surface area (Å²) >= 11 is 0. The number of aryl methyl sites for hydroxylation is 1. The number of hydrogen-bond acceptors (Lipinski definition) is 3. The Morgan fingerprint density at radius 1 is 1.50 bits per heavy atom. The van der Waals surface area contributed by atoms with E-state index >= 15 is 0 Å². The first-order chi connectivity index (χ1) is 10.5. The number of aromatic nitrogens is 2. The van der Waals surface area contributed by atoms with E-state index in [4.69, 9.17) is 5.11 Å². The van der Waals surface area contributed by atoms with Gasteiger partial charge in [-0.05, 0) is 37.5 Å². The van der Waals surface area contributed by atoms with Crippen molar-refractivity contribution in [3.8, 4) is 0 Å². The zero-order valence-electron chi connectivity index (χ0n) is 12.7. The van der Waals surface area contributed by atoms with Gasteiger partial charge in [0, 0.05) is 25.0 Å². The predicted octanol–water partition coefficient (Wildman–Crippen LogP) is 1.97. The van der Waals surface area contributed by atoms with E-state index in [1.807, 2.05) is 29.7 Å². The summed E-state index contributed by atoms with van der Waals surface area (Å²) in [7, 11) is 0. The van der Waals surface area contributed by atoms with Crippen molar-refractivity contribution >= 4 is 17.5 Å². The molecule has 1 unspecified atom stereocenters. The van der Waals surface area contributed by atoms with Gasteiger partial charge in [-0.15, -0.1) is 0 Å². The van der Waals surface area contributed by atoms with E-state index < -0.39 is 11.9 Å². The summed E-state index contributed by atoms with van der Waals surface area (Å²) in [6.07, 6.45) is 5.45. The molecule has 3 rings (SSSR count). The average molecular weight is 301 g/mol. The minimum Gasteiger partial charge on any atom is -0.481 e. The summed E-state index contributed by atoms with van der Waals surface area (Å²) in [6.45, 7) is 3.82. The van der Waals surface area contributed by atoms with Crippen molar-refractivity contribution in [3.05, 3.63) is 35.8 Å². The second-order valence-corrected chi connectivity index (χ2v) is 6.02. The number of hydrogen-bond donors (Lipinski definition) is 1. The highest BCUT2D eigenvalue weighted by molar-refractivity contribution is 5.93. The van der Waals surface area contributed by atoms with E-state index in [2.05, 4.69) is 4.98 Å². The van der Waals surface area contributed by atoms with E-state index in [1.165, 1.54) is 0 Å². The molecule has 0 radical (unpaired) electrons. The minimum atomic E-state index is -0.885. The highest BCUT2D eigenvalue weighted by Gasteiger charge is 2.35. The van der Waals surface area contributed by atoms with Gasteiger partial charge in [0.2, 0.25) is 0 Å². The molecule has 1 atom stereocenters. The molecule has 116 valence electrons. The van der Waals surface area contributed by atoms with Gasteiger partial charge in [0.15, 0.2) is 0 Å². The van der Waals surface area contributed by atoms with E-state index in [9.17, 15) is 9.59 Å². The zero-order chi connectivity index (χ0) is 15.9. The van der Waals surface area contributed by atoms with Gasteiger partial charge in [0.1, 0.15) is 11.3 Å². The van der Waals surface area contributed by atoms with Gasteiger partial charge in [-0.2, -0.15) is 0 Å². The molecular formula is C16H19N3O3. The molecule has 0 saturated heterocycles. The Morgan fingerprint density at radius 3 is 2.86 bits per heavy atom. The fourth-order valence-corrected chi connectivity index (χ4v) is 2.49. The standard InChI is InChI=1S/C16H19N3O3/c1-10-5-6-18-9-13(17-14(18)7-10)15(20)19(12-3-4-12)8-11(2)16(21)22/h5-7,9,11-12H,3-4,8H2,1-2H3,(H,21,22). The molecule has 1 aliphatic rings. The first-order valence-corrected chi connectivity index (χ1v) is 7.45. The largest absolute Gasteiger partial charge is 0.481 e. The van der Waals surface area contributed by atoms with Gasteiger partial charge in [-0.1, -0.05) is 6.92 Å². The lowest BCUT2D eigenvalue weighted by Crippen LogP contribution is -2.38. The van der Waals surface area contributed by atoms with E-state index in [0.29, 0.717) is 5.69 Å². The minimum absolute atomic E-state index is 0.154. The molecule has 1 N–H and O–H groups in total. The molecule has 6 nitrogen and oxygen atoms in total. The van der Waals surface area contributed by atoms with Crippen LogP contribution in [0.3, 0.4) is 0 Å². The molecule has 1 fully saturated rings. The van der Waals surface area contributed by atoms with Crippen LogP contribution in [0.1, 0.15) is 35.8 Å². The van der Waals surface area contributed by atoms with Crippen LogP contribution in [-0.2, 0) is 4.79 Å². The number of carbonyl (C=O) groups excluding carboxylic acids is 1. The molecule has 1 aliphatic carbocycles. The Bertz CT molecular complexity index is 733. The van der Waals surface area contributed by atoms with Crippen molar-refractivity contribution < 1.29 is 14.7 Å². The number of rotatable bonds is 5. The van der Waals surface area contributed by atoms with E-state index in [0.717, 1.165) is 24.1 Å². The first kappa shape index (κ1) is 14.6. The van der Waals surface area contributed by atoms with Gasteiger partial charge in [-0.3, -0.25) is 9.59 Å². The molecule has 0 aliphatic heterocycles. The third kappa shape index (κ3) is 2.81. The molecule has 2 heterocycles. The number of aliphatic carboxylic acids is 1. The van der Waals surface area contributed by atoms with Crippen molar-refractivity contribution in [2.24, 2.45) is 5.92 Å². The summed E-state index contributed by atoms with van der Waals surface area (Å²) in [6, 6.07) is 4.02. The topological polar surface area (TPSA) is 74.9 Å². The maximum Gasteiger partial charge on any atom is 0.308 e. The SMILES string of the molecule is Cc1ccn2cc(C(=O)N(CC(C)C(=O)O)C3CC3)nc2c1. The number of nitrogens with zero attached hydrogens (tertiary/aromatic N) is 3. The first-order valence-electron chi connectivity index (χ1n) is 7.45. The monoisotopic (exact) mass is 301 g/mol. The fourth-order valence-electron chi connectivity index (χ4n) is 2.49. The Labute approximate surface area is 128 Å². The summed E-state index contributed by atoms with van der Waals surface area (Å²) < 4.78 is 1.81. The van der Waals surface area contributed by atoms with Crippen LogP contribution in [0.2, 0.25) is 0 Å². The number of carboxylic acid groups (broad SMARTS) is 1. The highest BCUT2D eigenvalue weighted by Crippen LogP contribution is 2.29. The lowest BCUT2D eigenvalue weighted by Gasteiger charge is -2.23. The summed E-state index contributed by atoms with van der Waals surface area (Å²) in [5.41, 5.74) is 2.18. The van der Waals surface area contributed by atoms with Crippen molar-refractivity contribution in [3.63, 3.8) is 0 Å². The zero-order valence-corrected chi connectivity index (χ0v) is 12.7. The quantitative estimate of drug-likeness (QED) is 0.916. The van der Waals surface area contributed by atoms with Gasteiger partial charge in [0.05, 0.1) is 5.92 Å². The van der Waals surface area contributed by atoms with Crippen LogP contribution < -0.4 is 0 Å². The van der Waals surface area contributed by atoms with Crippen molar-refractivity contribution in [2.45, 2.75) is 32.7 Å². The van der Waals surface area contributed by atoms with Crippen molar-refractivity contribution in [1.82, 2.24) is 14.3 Å². The Hall–Kier alpha value is -2.37.